The fourth-order valence-corrected chi connectivity index (χ4v) is 7.19. The van der Waals surface area contributed by atoms with E-state index < -0.39 is 0 Å². The Bertz CT molecular complexity index is 963. The van der Waals surface area contributed by atoms with Crippen molar-refractivity contribution in [1.82, 2.24) is 0 Å². The van der Waals surface area contributed by atoms with E-state index in [1.807, 2.05) is 0 Å². The summed E-state index contributed by atoms with van der Waals surface area (Å²) in [6, 6.07) is 0. The van der Waals surface area contributed by atoms with Gasteiger partial charge in [-0.15, -0.1) is 0 Å². The predicted molar refractivity (Wildman–Crippen MR) is 185 cm³/mol. The van der Waals surface area contributed by atoms with Gasteiger partial charge in [0, 0.05) is 33.1 Å². The van der Waals surface area contributed by atoms with Crippen LogP contribution in [0, 0.1) is 5.92 Å². The van der Waals surface area contributed by atoms with Gasteiger partial charge in [-0.05, 0) is 64.7 Å². The Hall–Kier alpha value is -2.29. The number of cyclic esters (lactones) is 1. The summed E-state index contributed by atoms with van der Waals surface area (Å²) in [5, 5.41) is 0. The van der Waals surface area contributed by atoms with E-state index in [1.165, 1.54) is 72.1 Å². The van der Waals surface area contributed by atoms with Crippen molar-refractivity contribution < 1.29 is 42.9 Å². The van der Waals surface area contributed by atoms with E-state index in [2.05, 4.69) is 6.92 Å². The van der Waals surface area contributed by atoms with Gasteiger partial charge in [0.05, 0.1) is 18.1 Å². The van der Waals surface area contributed by atoms with Crippen LogP contribution in [0.25, 0.3) is 0 Å². The average molecular weight is 679 g/mol. The van der Waals surface area contributed by atoms with Crippen LogP contribution in [0.2, 0.25) is 0 Å². The maximum absolute atomic E-state index is 12.4. The zero-order valence-corrected chi connectivity index (χ0v) is 30.6. The molecular weight excluding hydrogens is 612 g/mol. The molecule has 0 aromatic carbocycles. The van der Waals surface area contributed by atoms with Gasteiger partial charge in [0.2, 0.25) is 0 Å². The molecule has 2 aliphatic heterocycles. The van der Waals surface area contributed by atoms with E-state index in [4.69, 9.17) is 18.9 Å². The topological polar surface area (TPSA) is 122 Å². The van der Waals surface area contributed by atoms with E-state index in [1.54, 1.807) is 0 Å². The number of rotatable bonds is 28. The van der Waals surface area contributed by atoms with Crippen molar-refractivity contribution >= 4 is 29.5 Å². The predicted octanol–water partition coefficient (Wildman–Crippen LogP) is 8.70. The number of hydrogen-bond donors (Lipinski definition) is 0. The van der Waals surface area contributed by atoms with Crippen molar-refractivity contribution in [3.8, 4) is 0 Å². The molecule has 48 heavy (non-hydrogen) atoms. The summed E-state index contributed by atoms with van der Waals surface area (Å²) in [7, 11) is 0. The largest absolute Gasteiger partial charge is 0.462 e. The lowest BCUT2D eigenvalue weighted by Crippen LogP contribution is -2.35. The van der Waals surface area contributed by atoms with Crippen LogP contribution in [-0.4, -0.2) is 60.0 Å². The highest BCUT2D eigenvalue weighted by Crippen LogP contribution is 2.31. The number of hydrogen-bond acceptors (Lipinski definition) is 9. The Morgan fingerprint density at radius 2 is 1.17 bits per heavy atom. The Kier molecular flexibility index (Phi) is 21.6. The summed E-state index contributed by atoms with van der Waals surface area (Å²) in [5.41, 5.74) is 0. The van der Waals surface area contributed by atoms with Crippen LogP contribution in [0.3, 0.4) is 0 Å². The van der Waals surface area contributed by atoms with Gasteiger partial charge in [-0.3, -0.25) is 19.2 Å². The van der Waals surface area contributed by atoms with Crippen molar-refractivity contribution in [2.24, 2.45) is 5.92 Å². The molecule has 2 heterocycles. The van der Waals surface area contributed by atoms with Gasteiger partial charge in [-0.1, -0.05) is 84.0 Å². The summed E-state index contributed by atoms with van der Waals surface area (Å²) in [5.74, 6) is -1.10. The van der Waals surface area contributed by atoms with Crippen LogP contribution >= 0.6 is 0 Å². The number of carbonyl (C=O) groups is 5. The molecule has 0 radical (unpaired) electrons. The normalized spacial score (nSPS) is 21.9. The standard InChI is InChI=1S/C39H66O9/c1-5-6-7-8-9-10-11-12-15-18-21-35(45-30(3)41)37-25-26-38(48-37)36(46-31(4)42)22-19-16-13-14-17-20-33(43)23-24-34-28-32(27-29(2)40)39(44)47-34/h32,34-38H,5-28H2,1-4H3/t32-,34+,35-,36-,37-,38-/m1/s1. The molecule has 9 heteroatoms. The van der Waals surface area contributed by atoms with Crippen LogP contribution in [0.1, 0.15) is 182 Å². The molecule has 0 aliphatic carbocycles. The molecule has 2 aliphatic rings. The number of Topliss-reactive ketones (excluding diaryl/α,β-unsaturated/α-hetero) is 2. The van der Waals surface area contributed by atoms with Crippen molar-refractivity contribution in [2.75, 3.05) is 0 Å². The Balaban J connectivity index is 1.63. The first-order valence-electron chi connectivity index (χ1n) is 19.3. The summed E-state index contributed by atoms with van der Waals surface area (Å²) in [6.07, 6.45) is 21.3. The van der Waals surface area contributed by atoms with Crippen LogP contribution in [0.15, 0.2) is 0 Å². The quantitative estimate of drug-likeness (QED) is 0.0454. The molecule has 2 saturated heterocycles. The molecule has 0 saturated carbocycles. The summed E-state index contributed by atoms with van der Waals surface area (Å²) >= 11 is 0. The molecule has 9 nitrogen and oxygen atoms in total. The molecule has 6 atom stereocenters. The molecule has 0 bridgehead atoms. The fraction of sp³-hybridized carbons (Fsp3) is 0.872. The van der Waals surface area contributed by atoms with Crippen molar-refractivity contribution in [2.45, 2.75) is 212 Å². The first-order valence-corrected chi connectivity index (χ1v) is 19.3. The van der Waals surface area contributed by atoms with Crippen LogP contribution in [0.4, 0.5) is 0 Å². The fourth-order valence-electron chi connectivity index (χ4n) is 7.19. The van der Waals surface area contributed by atoms with Gasteiger partial charge >= 0.3 is 17.9 Å². The Morgan fingerprint density at radius 3 is 1.65 bits per heavy atom. The third kappa shape index (κ3) is 18.5. The Morgan fingerprint density at radius 1 is 0.688 bits per heavy atom. The third-order valence-electron chi connectivity index (χ3n) is 9.78. The monoisotopic (exact) mass is 678 g/mol. The van der Waals surface area contributed by atoms with Gasteiger partial charge in [0.25, 0.3) is 0 Å². The zero-order chi connectivity index (χ0) is 35.1. The second-order valence-electron chi connectivity index (χ2n) is 14.3. The van der Waals surface area contributed by atoms with Crippen molar-refractivity contribution in [3.63, 3.8) is 0 Å². The third-order valence-corrected chi connectivity index (χ3v) is 9.78. The number of esters is 3. The van der Waals surface area contributed by atoms with Gasteiger partial charge in [-0.2, -0.15) is 0 Å². The van der Waals surface area contributed by atoms with Crippen LogP contribution < -0.4 is 0 Å². The van der Waals surface area contributed by atoms with E-state index in [-0.39, 0.29) is 72.3 Å². The Labute approximate surface area is 290 Å². The molecule has 0 unspecified atom stereocenters. The minimum absolute atomic E-state index is 0.0181. The van der Waals surface area contributed by atoms with Crippen molar-refractivity contribution in [1.29, 1.82) is 0 Å². The van der Waals surface area contributed by atoms with Crippen LogP contribution in [0.5, 0.6) is 0 Å². The van der Waals surface area contributed by atoms with E-state index in [0.29, 0.717) is 25.7 Å². The van der Waals surface area contributed by atoms with Gasteiger partial charge in [-0.25, -0.2) is 0 Å². The maximum Gasteiger partial charge on any atom is 0.309 e. The molecule has 0 aromatic rings. The molecule has 2 fully saturated rings. The highest BCUT2D eigenvalue weighted by atomic mass is 16.6. The average Bonchev–Trinajstić information content (AvgIpc) is 3.65. The summed E-state index contributed by atoms with van der Waals surface area (Å²) in [4.78, 5) is 59.4. The van der Waals surface area contributed by atoms with Crippen LogP contribution in [-0.2, 0) is 42.9 Å². The zero-order valence-electron chi connectivity index (χ0n) is 30.6. The van der Waals surface area contributed by atoms with E-state index in [0.717, 1.165) is 70.6 Å². The first kappa shape index (κ1) is 41.9. The minimum Gasteiger partial charge on any atom is -0.462 e. The second-order valence-corrected chi connectivity index (χ2v) is 14.3. The number of unbranched alkanes of at least 4 members (excludes halogenated alkanes) is 13. The van der Waals surface area contributed by atoms with Crippen molar-refractivity contribution in [3.05, 3.63) is 0 Å². The lowest BCUT2D eigenvalue weighted by molar-refractivity contribution is -0.163. The lowest BCUT2D eigenvalue weighted by atomic mass is 9.96. The minimum atomic E-state index is -0.360. The molecule has 0 spiro atoms. The maximum atomic E-state index is 12.4. The highest BCUT2D eigenvalue weighted by Gasteiger charge is 2.38. The SMILES string of the molecule is CCCCCCCCCCCC[C@@H](OC(C)=O)[C@H]1CC[C@H]([C@@H](CCCCCCCC(=O)CC[C@H]2C[C@@H](CC(C)=O)C(=O)O2)OC(C)=O)O1. The smallest absolute Gasteiger partial charge is 0.309 e. The highest BCUT2D eigenvalue weighted by molar-refractivity contribution is 5.84. The lowest BCUT2D eigenvalue weighted by Gasteiger charge is -2.27. The second kappa shape index (κ2) is 24.8. The molecular formula is C39H66O9. The summed E-state index contributed by atoms with van der Waals surface area (Å²) in [6.45, 7) is 6.61. The van der Waals surface area contributed by atoms with E-state index in [9.17, 15) is 24.0 Å². The molecule has 2 rings (SSSR count). The molecule has 276 valence electrons. The van der Waals surface area contributed by atoms with Gasteiger partial charge in [0.15, 0.2) is 0 Å². The molecule has 0 amide bonds. The first-order chi connectivity index (χ1) is 23.1. The number of ketones is 2. The molecule has 0 aromatic heterocycles. The molecule has 0 N–H and O–H groups in total. The number of carbonyl (C=O) groups excluding carboxylic acids is 5. The van der Waals surface area contributed by atoms with Gasteiger partial charge < -0.3 is 23.7 Å². The van der Waals surface area contributed by atoms with E-state index >= 15 is 0 Å². The number of ether oxygens (including phenoxy) is 4. The summed E-state index contributed by atoms with van der Waals surface area (Å²) < 4.78 is 23.2. The van der Waals surface area contributed by atoms with Gasteiger partial charge in [0.1, 0.15) is 29.9 Å².